The average Bonchev–Trinajstić information content (AvgIpc) is 3.52. The van der Waals surface area contributed by atoms with Gasteiger partial charge in [-0.1, -0.05) is 57.5 Å². The molecule has 0 radical (unpaired) electrons. The molecule has 4 aliphatic carbocycles. The summed E-state index contributed by atoms with van der Waals surface area (Å²) >= 11 is 0. The van der Waals surface area contributed by atoms with Gasteiger partial charge in [-0.05, 0) is 84.9 Å². The highest BCUT2D eigenvalue weighted by atomic mass is 19.1. The topological polar surface area (TPSA) is 128 Å². The van der Waals surface area contributed by atoms with Gasteiger partial charge in [-0.2, -0.15) is 0 Å². The molecule has 9 atom stereocenters. The van der Waals surface area contributed by atoms with Gasteiger partial charge in [-0.15, -0.1) is 0 Å². The van der Waals surface area contributed by atoms with Crippen LogP contribution in [0.25, 0.3) is 0 Å². The summed E-state index contributed by atoms with van der Waals surface area (Å²) in [6, 6.07) is 10.6. The van der Waals surface area contributed by atoms with Crippen LogP contribution >= 0.6 is 0 Å². The Kier molecular flexibility index (Phi) is 7.78. The molecule has 0 aromatic heterocycles. The van der Waals surface area contributed by atoms with Crippen molar-refractivity contribution in [3.05, 3.63) is 82.7 Å². The summed E-state index contributed by atoms with van der Waals surface area (Å²) in [7, 11) is 0. The van der Waals surface area contributed by atoms with Crippen molar-refractivity contribution in [1.29, 1.82) is 0 Å². The third-order valence-corrected chi connectivity index (χ3v) is 12.2. The van der Waals surface area contributed by atoms with Gasteiger partial charge in [-0.25, -0.2) is 4.39 Å². The summed E-state index contributed by atoms with van der Waals surface area (Å²) in [5, 5.41) is 22.3. The Balaban J connectivity index is 1.24. The number of aliphatic hydroxyl groups is 2. The first kappa shape index (κ1) is 32.2. The van der Waals surface area contributed by atoms with Gasteiger partial charge < -0.3 is 30.2 Å². The monoisotopic (exact) mass is 645 g/mol. The number of carbonyl (C=O) groups is 2. The lowest BCUT2D eigenvalue weighted by molar-refractivity contribution is -0.201. The van der Waals surface area contributed by atoms with Gasteiger partial charge in [-0.3, -0.25) is 9.59 Å². The third-order valence-electron chi connectivity index (χ3n) is 12.2. The Morgan fingerprint density at radius 1 is 1.21 bits per heavy atom. The maximum Gasteiger partial charge on any atom is 0.193 e. The molecule has 1 saturated heterocycles. The first-order valence-electron chi connectivity index (χ1n) is 16.7. The summed E-state index contributed by atoms with van der Waals surface area (Å²) in [4.78, 5) is 26.2. The predicted molar refractivity (Wildman–Crippen MR) is 173 cm³/mol. The highest BCUT2D eigenvalue weighted by Crippen LogP contribution is 2.70. The van der Waals surface area contributed by atoms with Crippen molar-refractivity contribution in [3.63, 3.8) is 0 Å². The van der Waals surface area contributed by atoms with Crippen LogP contribution < -0.4 is 10.5 Å². The molecule has 250 valence electrons. The number of hydrogen-bond donors (Lipinski definition) is 3. The number of benzene rings is 2. The number of nitrogens with two attached hydrogens (primary N) is 1. The molecule has 47 heavy (non-hydrogen) atoms. The third kappa shape index (κ3) is 4.68. The molecule has 2 aromatic carbocycles. The fourth-order valence-corrected chi connectivity index (χ4v) is 10.1. The second-order valence-corrected chi connectivity index (χ2v) is 14.9. The summed E-state index contributed by atoms with van der Waals surface area (Å²) in [6.07, 6.45) is 4.65. The van der Waals surface area contributed by atoms with E-state index in [-0.39, 0.29) is 53.8 Å². The molecule has 0 bridgehead atoms. The zero-order chi connectivity index (χ0) is 33.5. The zero-order valence-electron chi connectivity index (χ0n) is 27.4. The number of ether oxygens (including phenoxy) is 3. The van der Waals surface area contributed by atoms with Gasteiger partial charge in [0.1, 0.15) is 13.2 Å². The number of anilines is 1. The van der Waals surface area contributed by atoms with Crippen LogP contribution in [-0.2, 0) is 25.7 Å². The fraction of sp³-hybridized carbons (Fsp3) is 0.526. The van der Waals surface area contributed by atoms with Crippen molar-refractivity contribution in [1.82, 2.24) is 0 Å². The predicted octanol–water partition coefficient (Wildman–Crippen LogP) is 5.71. The number of Topliss-reactive ketones (excluding diaryl/α,β-unsaturated/α-hetero) is 1. The molecule has 3 saturated carbocycles. The first-order chi connectivity index (χ1) is 22.3. The molecule has 2 aromatic rings. The number of fused-ring (bicyclic) bond motifs is 7. The smallest absolute Gasteiger partial charge is 0.193 e. The number of nitrogen functional groups attached to an aromatic ring is 1. The first-order valence-corrected chi connectivity index (χ1v) is 16.7. The van der Waals surface area contributed by atoms with Crippen LogP contribution in [0.5, 0.6) is 5.75 Å². The van der Waals surface area contributed by atoms with Crippen LogP contribution in [0.3, 0.4) is 0 Å². The maximum atomic E-state index is 16.5. The highest BCUT2D eigenvalue weighted by molar-refractivity contribution is 6.01. The Morgan fingerprint density at radius 2 is 2.00 bits per heavy atom. The van der Waals surface area contributed by atoms with Crippen molar-refractivity contribution >= 4 is 17.3 Å². The average molecular weight is 646 g/mol. The summed E-state index contributed by atoms with van der Waals surface area (Å²) in [5.41, 5.74) is 6.20. The highest BCUT2D eigenvalue weighted by Gasteiger charge is 2.76. The lowest BCUT2D eigenvalue weighted by Crippen LogP contribution is -2.63. The van der Waals surface area contributed by atoms with Gasteiger partial charge in [0, 0.05) is 22.4 Å². The van der Waals surface area contributed by atoms with Crippen LogP contribution in [-0.4, -0.2) is 46.2 Å². The molecule has 9 heteroatoms. The lowest BCUT2D eigenvalue weighted by atomic mass is 9.46. The number of ketones is 2. The molecule has 4 N–H and O–H groups in total. The fourth-order valence-electron chi connectivity index (χ4n) is 10.1. The van der Waals surface area contributed by atoms with E-state index in [0.29, 0.717) is 24.1 Å². The van der Waals surface area contributed by atoms with Crippen molar-refractivity contribution in [2.75, 3.05) is 12.3 Å². The van der Waals surface area contributed by atoms with Crippen molar-refractivity contribution in [2.24, 2.45) is 28.6 Å². The number of carbonyl (C=O) groups excluding carboxylic acids is 2. The molecule has 7 rings (SSSR count). The van der Waals surface area contributed by atoms with E-state index in [1.807, 2.05) is 39.0 Å². The minimum absolute atomic E-state index is 0.0232. The van der Waals surface area contributed by atoms with Crippen LogP contribution in [0.2, 0.25) is 0 Å². The molecule has 0 unspecified atom stereocenters. The minimum atomic E-state index is -1.59. The summed E-state index contributed by atoms with van der Waals surface area (Å²) in [5.74, 6) is -1.45. The van der Waals surface area contributed by atoms with E-state index >= 15 is 4.39 Å². The van der Waals surface area contributed by atoms with Gasteiger partial charge in [0.25, 0.3) is 0 Å². The maximum absolute atomic E-state index is 16.5. The molecule has 1 heterocycles. The second-order valence-electron chi connectivity index (χ2n) is 14.9. The van der Waals surface area contributed by atoms with Crippen LogP contribution in [0.4, 0.5) is 10.1 Å². The molecule has 0 amide bonds. The van der Waals surface area contributed by atoms with Gasteiger partial charge in [0.05, 0.1) is 17.8 Å². The largest absolute Gasteiger partial charge is 0.486 e. The quantitative estimate of drug-likeness (QED) is 0.327. The number of aliphatic hydroxyl groups excluding tert-OH is 2. The number of halogens is 1. The number of allylic oxidation sites excluding steroid dienone is 4. The van der Waals surface area contributed by atoms with Gasteiger partial charge in [0.15, 0.2) is 35.0 Å². The van der Waals surface area contributed by atoms with E-state index in [2.05, 4.69) is 6.92 Å². The molecule has 1 aliphatic heterocycles. The zero-order valence-corrected chi connectivity index (χ0v) is 27.4. The van der Waals surface area contributed by atoms with Crippen LogP contribution in [0.1, 0.15) is 82.3 Å². The molecular weight excluding hydrogens is 601 g/mol. The van der Waals surface area contributed by atoms with E-state index in [4.69, 9.17) is 19.9 Å². The minimum Gasteiger partial charge on any atom is -0.486 e. The molecule has 0 spiro atoms. The van der Waals surface area contributed by atoms with E-state index in [0.717, 1.165) is 17.6 Å². The molecule has 8 nitrogen and oxygen atoms in total. The van der Waals surface area contributed by atoms with Crippen LogP contribution in [0.15, 0.2) is 60.2 Å². The molecule has 5 aliphatic rings. The Morgan fingerprint density at radius 3 is 2.72 bits per heavy atom. The number of hydrogen-bond acceptors (Lipinski definition) is 8. The standard InChI is InChI=1S/C38H44FNO7/c1-20(2)25-10-11-29(45-19-21-6-5-7-23(40)14-21)34(39)32(25)35-46-31-16-27-26-9-8-22-15-24(42)12-13-36(22,3)33(26)28(43)17-37(27,4)38(31,47-35)30(44)18-41/h5-7,10-15,20,26-28,31,33,35,41,43H,8-9,16-19,40H2,1-4H3/t26-,27-,28-,31+,33+,35-,36-,37-,38+/m0/s1. The van der Waals surface area contributed by atoms with E-state index in [1.54, 1.807) is 36.4 Å². The van der Waals surface area contributed by atoms with E-state index in [1.165, 1.54) is 0 Å². The Hall–Kier alpha value is -3.37. The van der Waals surface area contributed by atoms with Crippen molar-refractivity contribution < 1.29 is 38.4 Å². The van der Waals surface area contributed by atoms with E-state index in [9.17, 15) is 19.8 Å². The normalized spacial score (nSPS) is 37.2. The molecule has 4 fully saturated rings. The number of rotatable bonds is 7. The van der Waals surface area contributed by atoms with Crippen LogP contribution in [0, 0.1) is 34.4 Å². The van der Waals surface area contributed by atoms with Gasteiger partial charge >= 0.3 is 0 Å². The SMILES string of the molecule is CC(C)c1ccc(OCc2cccc(N)c2)c(F)c1[C@H]1O[C@@H]2C[C@H]3[C@@H]4CCC5=CC(=O)C=C[C@]5(C)[C@H]4[C@@H](O)C[C@]3(C)[C@]2(C(=O)CO)O1. The van der Waals surface area contributed by atoms with Crippen molar-refractivity contribution in [3.8, 4) is 5.75 Å². The summed E-state index contributed by atoms with van der Waals surface area (Å²) in [6.45, 7) is 7.29. The van der Waals surface area contributed by atoms with E-state index < -0.39 is 53.1 Å². The second kappa shape index (κ2) is 11.4. The Bertz CT molecular complexity index is 1690. The van der Waals surface area contributed by atoms with Crippen molar-refractivity contribution in [2.45, 2.75) is 90.0 Å². The summed E-state index contributed by atoms with van der Waals surface area (Å²) < 4.78 is 35.8. The lowest BCUT2D eigenvalue weighted by Gasteiger charge is -2.59. The van der Waals surface area contributed by atoms with Gasteiger partial charge in [0.2, 0.25) is 0 Å². The molecular formula is C38H44FNO7. The Labute approximate surface area is 274 Å².